The van der Waals surface area contributed by atoms with Crippen LogP contribution in [-0.2, 0) is 23.8 Å². The van der Waals surface area contributed by atoms with Crippen molar-refractivity contribution < 1.29 is 28.2 Å². The highest BCUT2D eigenvalue weighted by Gasteiger charge is 2.53. The van der Waals surface area contributed by atoms with E-state index in [0.717, 1.165) is 34.9 Å². The number of carbonyl (C=O) groups excluding carboxylic acids is 2. The lowest BCUT2D eigenvalue weighted by Crippen LogP contribution is -2.48. The van der Waals surface area contributed by atoms with Crippen LogP contribution >= 0.6 is 0 Å². The van der Waals surface area contributed by atoms with Gasteiger partial charge in [-0.05, 0) is 6.42 Å². The monoisotopic (exact) mass is 472 g/mol. The zero-order chi connectivity index (χ0) is 24.1. The van der Waals surface area contributed by atoms with Crippen LogP contribution < -0.4 is 11.2 Å². The standard InChI is InChI=1S/C21H33FN2O7Si/c1-6-32(7-2,8-3)10-9-21(13-29-14(4)25)17(30-15(5)26)11-18(31-21)24-12-16(22)19(27)23-20(24)28/h12,17-18H,6-11,13H2,1-5H3,(H,23,27,28)/t17-,18+,21+/m0/s1. The predicted octanol–water partition coefficient (Wildman–Crippen LogP) is 2.73. The lowest BCUT2D eigenvalue weighted by Gasteiger charge is -2.37. The molecule has 0 amide bonds. The van der Waals surface area contributed by atoms with Crippen molar-refractivity contribution in [3.8, 4) is 0 Å². The number of esters is 2. The Labute approximate surface area is 187 Å². The summed E-state index contributed by atoms with van der Waals surface area (Å²) >= 11 is 0. The van der Waals surface area contributed by atoms with Crippen LogP contribution in [0.25, 0.3) is 0 Å². The molecule has 0 aliphatic carbocycles. The summed E-state index contributed by atoms with van der Waals surface area (Å²) in [5.41, 5.74) is -3.16. The number of halogens is 1. The van der Waals surface area contributed by atoms with Crippen molar-refractivity contribution in [3.05, 3.63) is 32.9 Å². The Balaban J connectivity index is 2.48. The van der Waals surface area contributed by atoms with E-state index in [0.29, 0.717) is 6.42 Å². The summed E-state index contributed by atoms with van der Waals surface area (Å²) in [6, 6.07) is 4.04. The average molecular weight is 473 g/mol. The van der Waals surface area contributed by atoms with Gasteiger partial charge in [-0.1, -0.05) is 44.9 Å². The van der Waals surface area contributed by atoms with E-state index in [1.54, 1.807) is 0 Å². The molecule has 9 nitrogen and oxygen atoms in total. The van der Waals surface area contributed by atoms with Crippen molar-refractivity contribution in [2.45, 2.75) is 89.6 Å². The first-order valence-corrected chi connectivity index (χ1v) is 13.8. The van der Waals surface area contributed by atoms with E-state index in [1.165, 1.54) is 13.8 Å². The Bertz CT molecular complexity index is 935. The molecule has 32 heavy (non-hydrogen) atoms. The van der Waals surface area contributed by atoms with Gasteiger partial charge in [0.2, 0.25) is 5.82 Å². The zero-order valence-electron chi connectivity index (χ0n) is 19.4. The van der Waals surface area contributed by atoms with Crippen LogP contribution in [-0.4, -0.2) is 47.9 Å². The molecule has 1 aromatic rings. The molecule has 1 aromatic heterocycles. The fourth-order valence-electron chi connectivity index (χ4n) is 4.39. The third-order valence-electron chi connectivity index (χ3n) is 6.76. The molecule has 1 N–H and O–H groups in total. The van der Waals surface area contributed by atoms with Gasteiger partial charge in [0.15, 0.2) is 0 Å². The van der Waals surface area contributed by atoms with Gasteiger partial charge in [-0.3, -0.25) is 23.9 Å². The molecule has 1 aliphatic heterocycles. The highest BCUT2D eigenvalue weighted by Crippen LogP contribution is 2.43. The summed E-state index contributed by atoms with van der Waals surface area (Å²) in [6.45, 7) is 8.87. The first-order chi connectivity index (χ1) is 15.0. The number of aromatic amines is 1. The predicted molar refractivity (Wildman–Crippen MR) is 118 cm³/mol. The van der Waals surface area contributed by atoms with Gasteiger partial charge >= 0.3 is 17.6 Å². The molecule has 0 unspecified atom stereocenters. The van der Waals surface area contributed by atoms with Gasteiger partial charge in [0.25, 0.3) is 5.56 Å². The van der Waals surface area contributed by atoms with Gasteiger partial charge in [-0.15, -0.1) is 0 Å². The number of H-pyrrole nitrogens is 1. The molecule has 1 fully saturated rings. The molecule has 2 heterocycles. The molecular formula is C21H33FN2O7Si. The molecule has 0 aromatic carbocycles. The van der Waals surface area contributed by atoms with Gasteiger partial charge in [0.1, 0.15) is 24.5 Å². The third-order valence-corrected chi connectivity index (χ3v) is 12.6. The number of rotatable bonds is 10. The maximum absolute atomic E-state index is 13.9. The summed E-state index contributed by atoms with van der Waals surface area (Å²) in [5.74, 6) is -2.20. The molecule has 0 saturated carbocycles. The minimum atomic E-state index is -1.62. The second-order valence-corrected chi connectivity index (χ2v) is 14.1. The Kier molecular flexibility index (Phi) is 8.58. The summed E-state index contributed by atoms with van der Waals surface area (Å²) in [7, 11) is -1.62. The van der Waals surface area contributed by atoms with Crippen LogP contribution in [0.2, 0.25) is 24.2 Å². The lowest BCUT2D eigenvalue weighted by molar-refractivity contribution is -0.176. The Morgan fingerprint density at radius 2 is 1.84 bits per heavy atom. The van der Waals surface area contributed by atoms with E-state index in [1.807, 2.05) is 4.98 Å². The minimum Gasteiger partial charge on any atom is -0.463 e. The number of carbonyl (C=O) groups is 2. The van der Waals surface area contributed by atoms with Crippen molar-refractivity contribution in [2.75, 3.05) is 6.61 Å². The van der Waals surface area contributed by atoms with E-state index >= 15 is 0 Å². The van der Waals surface area contributed by atoms with Crippen molar-refractivity contribution in [1.82, 2.24) is 9.55 Å². The van der Waals surface area contributed by atoms with Crippen LogP contribution in [0.3, 0.4) is 0 Å². The van der Waals surface area contributed by atoms with Crippen molar-refractivity contribution in [2.24, 2.45) is 0 Å². The topological polar surface area (TPSA) is 117 Å². The van der Waals surface area contributed by atoms with E-state index in [2.05, 4.69) is 20.8 Å². The molecule has 3 atom stereocenters. The molecule has 0 radical (unpaired) electrons. The molecule has 1 saturated heterocycles. The molecule has 180 valence electrons. The number of ether oxygens (including phenoxy) is 3. The van der Waals surface area contributed by atoms with Crippen LogP contribution in [0.15, 0.2) is 15.8 Å². The molecular weight excluding hydrogens is 439 g/mol. The SMILES string of the molecule is CC[Si](CC)(CC)CC[C@]1(COC(C)=O)O[C@@H](n2cc(F)c(=O)[nH]c2=O)C[C@@H]1OC(C)=O. The normalized spacial score (nSPS) is 23.2. The van der Waals surface area contributed by atoms with Crippen LogP contribution in [0.5, 0.6) is 0 Å². The highest BCUT2D eigenvalue weighted by molar-refractivity contribution is 6.79. The van der Waals surface area contributed by atoms with Gasteiger partial charge in [0.05, 0.1) is 14.3 Å². The summed E-state index contributed by atoms with van der Waals surface area (Å²) in [6.07, 6.45) is -0.539. The summed E-state index contributed by atoms with van der Waals surface area (Å²) in [4.78, 5) is 49.1. The molecule has 0 spiro atoms. The fourth-order valence-corrected chi connectivity index (χ4v) is 7.91. The maximum atomic E-state index is 13.9. The van der Waals surface area contributed by atoms with E-state index in [4.69, 9.17) is 14.2 Å². The Morgan fingerprint density at radius 1 is 1.22 bits per heavy atom. The molecule has 0 bridgehead atoms. The van der Waals surface area contributed by atoms with Gasteiger partial charge < -0.3 is 14.2 Å². The van der Waals surface area contributed by atoms with E-state index in [9.17, 15) is 23.6 Å². The van der Waals surface area contributed by atoms with Crippen molar-refractivity contribution in [1.29, 1.82) is 0 Å². The largest absolute Gasteiger partial charge is 0.463 e. The number of nitrogens with one attached hydrogen (secondary N) is 1. The van der Waals surface area contributed by atoms with Gasteiger partial charge in [0, 0.05) is 20.3 Å². The van der Waals surface area contributed by atoms with Crippen LogP contribution in [0, 0.1) is 5.82 Å². The first-order valence-electron chi connectivity index (χ1n) is 11.0. The fraction of sp³-hybridized carbons (Fsp3) is 0.714. The van der Waals surface area contributed by atoms with Gasteiger partial charge in [-0.25, -0.2) is 4.79 Å². The van der Waals surface area contributed by atoms with Gasteiger partial charge in [-0.2, -0.15) is 4.39 Å². The van der Waals surface area contributed by atoms with Crippen LogP contribution in [0.4, 0.5) is 4.39 Å². The van der Waals surface area contributed by atoms with Crippen molar-refractivity contribution in [3.63, 3.8) is 0 Å². The smallest absolute Gasteiger partial charge is 0.330 e. The van der Waals surface area contributed by atoms with E-state index < -0.39 is 55.0 Å². The van der Waals surface area contributed by atoms with Crippen LogP contribution in [0.1, 0.15) is 53.7 Å². The summed E-state index contributed by atoms with van der Waals surface area (Å²) in [5, 5.41) is 0. The molecule has 1 aliphatic rings. The average Bonchev–Trinajstić information content (AvgIpc) is 3.08. The lowest BCUT2D eigenvalue weighted by atomic mass is 9.94. The number of aromatic nitrogens is 2. The third kappa shape index (κ3) is 5.74. The van der Waals surface area contributed by atoms with E-state index in [-0.39, 0.29) is 13.0 Å². The van der Waals surface area contributed by atoms with Crippen molar-refractivity contribution >= 4 is 20.0 Å². The minimum absolute atomic E-state index is 0.0468. The second kappa shape index (κ2) is 10.6. The number of hydrogen-bond acceptors (Lipinski definition) is 7. The number of hydrogen-bond donors (Lipinski definition) is 1. The number of nitrogens with zero attached hydrogens (tertiary/aromatic N) is 1. The molecule has 2 rings (SSSR count). The molecule has 11 heteroatoms. The quantitative estimate of drug-likeness (QED) is 0.411. The zero-order valence-corrected chi connectivity index (χ0v) is 20.4. The highest BCUT2D eigenvalue weighted by atomic mass is 28.3. The maximum Gasteiger partial charge on any atom is 0.330 e. The second-order valence-electron chi connectivity index (χ2n) is 8.46. The Hall–Kier alpha value is -2.27. The summed E-state index contributed by atoms with van der Waals surface area (Å²) < 4.78 is 31.9. The Morgan fingerprint density at radius 3 is 2.38 bits per heavy atom. The first kappa shape index (κ1) is 26.0.